The zero-order valence-corrected chi connectivity index (χ0v) is 27.9. The molecular formula is C50H32O. The lowest BCUT2D eigenvalue weighted by Crippen LogP contribution is -1.91. The molecule has 0 spiro atoms. The number of fused-ring (bicyclic) bond motifs is 5. The maximum atomic E-state index is 6.95. The lowest BCUT2D eigenvalue weighted by Gasteiger charge is -2.18. The SMILES string of the molecule is c1ccc(-c2ccc(-c3ccccc3)c(-c3cccc4c3oc3cccc(-c5c6ccccc6c(-c6ccccc6)c6ccccc56)c34)c2)cc1. The maximum Gasteiger partial charge on any atom is 0.143 e. The summed E-state index contributed by atoms with van der Waals surface area (Å²) in [4.78, 5) is 0. The van der Waals surface area contributed by atoms with Crippen LogP contribution in [0.2, 0.25) is 0 Å². The average molecular weight is 649 g/mol. The Kier molecular flexibility index (Phi) is 6.89. The third kappa shape index (κ3) is 4.78. The molecule has 0 N–H and O–H groups in total. The third-order valence-corrected chi connectivity index (χ3v) is 10.3. The van der Waals surface area contributed by atoms with E-state index in [1.54, 1.807) is 0 Å². The highest BCUT2D eigenvalue weighted by Gasteiger charge is 2.22. The first-order valence-electron chi connectivity index (χ1n) is 17.5. The summed E-state index contributed by atoms with van der Waals surface area (Å²) < 4.78 is 6.95. The molecule has 0 aliphatic heterocycles. The lowest BCUT2D eigenvalue weighted by atomic mass is 9.85. The van der Waals surface area contributed by atoms with Gasteiger partial charge in [-0.1, -0.05) is 182 Å². The predicted octanol–water partition coefficient (Wildman–Crippen LogP) is 14.2. The van der Waals surface area contributed by atoms with Gasteiger partial charge in [0, 0.05) is 16.3 Å². The van der Waals surface area contributed by atoms with Gasteiger partial charge in [-0.3, -0.25) is 0 Å². The summed E-state index contributed by atoms with van der Waals surface area (Å²) in [5.41, 5.74) is 13.6. The minimum Gasteiger partial charge on any atom is -0.455 e. The van der Waals surface area contributed by atoms with Gasteiger partial charge in [-0.2, -0.15) is 0 Å². The van der Waals surface area contributed by atoms with Gasteiger partial charge in [-0.05, 0) is 83.7 Å². The van der Waals surface area contributed by atoms with Gasteiger partial charge in [0.1, 0.15) is 11.2 Å². The number of rotatable bonds is 5. The lowest BCUT2D eigenvalue weighted by molar-refractivity contribution is 0.670. The molecular weight excluding hydrogens is 617 g/mol. The molecule has 0 aliphatic carbocycles. The molecule has 0 amide bonds. The zero-order chi connectivity index (χ0) is 33.7. The largest absolute Gasteiger partial charge is 0.455 e. The van der Waals surface area contributed by atoms with Crippen LogP contribution in [0.1, 0.15) is 0 Å². The smallest absolute Gasteiger partial charge is 0.143 e. The molecule has 51 heavy (non-hydrogen) atoms. The van der Waals surface area contributed by atoms with Crippen LogP contribution in [0.4, 0.5) is 0 Å². The van der Waals surface area contributed by atoms with Crippen LogP contribution >= 0.6 is 0 Å². The molecule has 238 valence electrons. The predicted molar refractivity (Wildman–Crippen MR) is 216 cm³/mol. The Balaban J connectivity index is 1.27. The van der Waals surface area contributed by atoms with Crippen molar-refractivity contribution < 1.29 is 4.42 Å². The molecule has 0 bridgehead atoms. The fraction of sp³-hybridized carbons (Fsp3) is 0. The number of hydrogen-bond acceptors (Lipinski definition) is 1. The van der Waals surface area contributed by atoms with Crippen LogP contribution in [-0.2, 0) is 0 Å². The van der Waals surface area contributed by atoms with E-state index in [0.29, 0.717) is 0 Å². The van der Waals surface area contributed by atoms with Crippen molar-refractivity contribution in [3.63, 3.8) is 0 Å². The summed E-state index contributed by atoms with van der Waals surface area (Å²) in [6, 6.07) is 69.7. The highest BCUT2D eigenvalue weighted by molar-refractivity contribution is 6.26. The fourth-order valence-corrected chi connectivity index (χ4v) is 8.05. The Morgan fingerprint density at radius 2 is 0.784 bits per heavy atom. The van der Waals surface area contributed by atoms with E-state index in [2.05, 4.69) is 194 Å². The van der Waals surface area contributed by atoms with Gasteiger partial charge in [0.15, 0.2) is 0 Å². The van der Waals surface area contributed by atoms with Gasteiger partial charge < -0.3 is 4.42 Å². The van der Waals surface area contributed by atoms with Crippen molar-refractivity contribution in [3.8, 4) is 55.6 Å². The first kappa shape index (κ1) is 29.2. The van der Waals surface area contributed by atoms with Crippen LogP contribution in [0.3, 0.4) is 0 Å². The number of benzene rings is 9. The zero-order valence-electron chi connectivity index (χ0n) is 27.9. The summed E-state index contributed by atoms with van der Waals surface area (Å²) >= 11 is 0. The standard InChI is InChI=1S/C50H32O/c1-4-16-33(17-5-1)36-30-31-37(34-18-6-2-7-19-34)45(32-36)42-26-14-28-44-49-43(27-15-29-46(49)51-50(42)44)48-40-24-12-10-22-38(40)47(35-20-8-3-9-21-35)39-23-11-13-25-41(39)48/h1-32H. The van der Waals surface area contributed by atoms with E-state index in [1.807, 2.05) is 0 Å². The van der Waals surface area contributed by atoms with Crippen molar-refractivity contribution in [2.24, 2.45) is 0 Å². The normalized spacial score (nSPS) is 11.5. The van der Waals surface area contributed by atoms with Crippen molar-refractivity contribution in [3.05, 3.63) is 194 Å². The molecule has 0 saturated carbocycles. The van der Waals surface area contributed by atoms with Crippen molar-refractivity contribution in [1.82, 2.24) is 0 Å². The number of furan rings is 1. The Morgan fingerprint density at radius 1 is 0.275 bits per heavy atom. The summed E-state index contributed by atoms with van der Waals surface area (Å²) in [6.07, 6.45) is 0. The quantitative estimate of drug-likeness (QED) is 0.169. The monoisotopic (exact) mass is 648 g/mol. The van der Waals surface area contributed by atoms with Crippen molar-refractivity contribution >= 4 is 43.5 Å². The Labute approximate surface area is 296 Å². The summed E-state index contributed by atoms with van der Waals surface area (Å²) in [5.74, 6) is 0. The molecule has 1 nitrogen and oxygen atoms in total. The first-order chi connectivity index (χ1) is 25.3. The molecule has 9 aromatic carbocycles. The molecule has 0 fully saturated rings. The van der Waals surface area contributed by atoms with E-state index in [9.17, 15) is 0 Å². The highest BCUT2D eigenvalue weighted by atomic mass is 16.3. The van der Waals surface area contributed by atoms with Gasteiger partial charge in [0.25, 0.3) is 0 Å². The van der Waals surface area contributed by atoms with Crippen molar-refractivity contribution in [2.75, 3.05) is 0 Å². The maximum absolute atomic E-state index is 6.95. The van der Waals surface area contributed by atoms with Crippen LogP contribution in [0.5, 0.6) is 0 Å². The van der Waals surface area contributed by atoms with E-state index in [4.69, 9.17) is 4.42 Å². The molecule has 1 aromatic heterocycles. The topological polar surface area (TPSA) is 13.1 Å². The first-order valence-corrected chi connectivity index (χ1v) is 17.5. The number of para-hydroxylation sites is 1. The van der Waals surface area contributed by atoms with E-state index < -0.39 is 0 Å². The summed E-state index contributed by atoms with van der Waals surface area (Å²) in [6.45, 7) is 0. The third-order valence-electron chi connectivity index (χ3n) is 10.3. The summed E-state index contributed by atoms with van der Waals surface area (Å²) in [7, 11) is 0. The number of hydrogen-bond donors (Lipinski definition) is 0. The minimum atomic E-state index is 0.885. The van der Waals surface area contributed by atoms with Crippen LogP contribution in [0.25, 0.3) is 99.1 Å². The molecule has 10 rings (SSSR count). The van der Waals surface area contributed by atoms with Crippen LogP contribution in [0, 0.1) is 0 Å². The van der Waals surface area contributed by atoms with E-state index in [1.165, 1.54) is 66.1 Å². The molecule has 1 heterocycles. The van der Waals surface area contributed by atoms with Crippen LogP contribution < -0.4 is 0 Å². The molecule has 0 atom stereocenters. The average Bonchev–Trinajstić information content (AvgIpc) is 3.60. The minimum absolute atomic E-state index is 0.885. The fourth-order valence-electron chi connectivity index (χ4n) is 8.05. The molecule has 0 unspecified atom stereocenters. The second-order valence-corrected chi connectivity index (χ2v) is 13.2. The summed E-state index contributed by atoms with van der Waals surface area (Å²) in [5, 5.41) is 7.20. The van der Waals surface area contributed by atoms with Gasteiger partial charge in [0.05, 0.1) is 0 Å². The van der Waals surface area contributed by atoms with Gasteiger partial charge in [-0.15, -0.1) is 0 Å². The van der Waals surface area contributed by atoms with Gasteiger partial charge >= 0.3 is 0 Å². The molecule has 1 heteroatoms. The second-order valence-electron chi connectivity index (χ2n) is 13.2. The molecule has 0 saturated heterocycles. The van der Waals surface area contributed by atoms with Crippen LogP contribution in [-0.4, -0.2) is 0 Å². The highest BCUT2D eigenvalue weighted by Crippen LogP contribution is 2.48. The van der Waals surface area contributed by atoms with Crippen molar-refractivity contribution in [1.29, 1.82) is 0 Å². The molecule has 0 aliphatic rings. The van der Waals surface area contributed by atoms with E-state index in [0.717, 1.165) is 33.1 Å². The van der Waals surface area contributed by atoms with Crippen molar-refractivity contribution in [2.45, 2.75) is 0 Å². The Bertz CT molecular complexity index is 2830. The Hall–Kier alpha value is -6.70. The second kappa shape index (κ2) is 12.0. The van der Waals surface area contributed by atoms with E-state index >= 15 is 0 Å². The van der Waals surface area contributed by atoms with E-state index in [-0.39, 0.29) is 0 Å². The van der Waals surface area contributed by atoms with Gasteiger partial charge in [-0.25, -0.2) is 0 Å². The molecule has 10 aromatic rings. The van der Waals surface area contributed by atoms with Crippen LogP contribution in [0.15, 0.2) is 199 Å². The molecule has 0 radical (unpaired) electrons. The Morgan fingerprint density at radius 3 is 1.43 bits per heavy atom. The van der Waals surface area contributed by atoms with Gasteiger partial charge in [0.2, 0.25) is 0 Å².